The molecule has 5 aromatic rings. The number of fused-ring (bicyclic) bond motifs is 2. The van der Waals surface area contributed by atoms with Crippen molar-refractivity contribution < 1.29 is 13.9 Å². The Morgan fingerprint density at radius 3 is 2.66 bits per heavy atom. The maximum absolute atomic E-state index is 13.2. The first-order valence-corrected chi connectivity index (χ1v) is 10.9. The lowest BCUT2D eigenvalue weighted by atomic mass is 10.2. The molecule has 160 valence electrons. The molecule has 0 spiro atoms. The zero-order valence-electron chi connectivity index (χ0n) is 17.4. The molecule has 3 heterocycles. The van der Waals surface area contributed by atoms with Crippen LogP contribution in [0, 0.1) is 18.7 Å². The number of aromatic nitrogens is 3. The molecule has 5 rings (SSSR count). The summed E-state index contributed by atoms with van der Waals surface area (Å²) in [4.78, 5) is 21.9. The summed E-state index contributed by atoms with van der Waals surface area (Å²) in [5, 5.41) is 0.401. The van der Waals surface area contributed by atoms with Crippen molar-refractivity contribution in [2.45, 2.75) is 13.8 Å². The van der Waals surface area contributed by atoms with Gasteiger partial charge in [0.15, 0.2) is 11.3 Å². The van der Waals surface area contributed by atoms with Gasteiger partial charge >= 0.3 is 0 Å². The fraction of sp³-hybridized carbons (Fsp3) is 0.130. The van der Waals surface area contributed by atoms with Gasteiger partial charge in [0.2, 0.25) is 10.7 Å². The van der Waals surface area contributed by atoms with Crippen LogP contribution in [0.4, 0.5) is 0 Å². The fourth-order valence-corrected chi connectivity index (χ4v) is 4.65. The van der Waals surface area contributed by atoms with Crippen LogP contribution in [0.15, 0.2) is 57.9 Å². The Morgan fingerprint density at radius 1 is 1.06 bits per heavy atom. The van der Waals surface area contributed by atoms with Gasteiger partial charge in [-0.3, -0.25) is 4.79 Å². The van der Waals surface area contributed by atoms with Crippen LogP contribution in [0.1, 0.15) is 11.1 Å². The van der Waals surface area contributed by atoms with Crippen LogP contribution in [0.5, 0.6) is 17.2 Å². The maximum Gasteiger partial charge on any atom is 0.290 e. The van der Waals surface area contributed by atoms with E-state index in [0.29, 0.717) is 10.9 Å². The molecule has 32 heavy (non-hydrogen) atoms. The monoisotopic (exact) mass is 463 g/mol. The minimum absolute atomic E-state index is 0.0269. The number of nitrogens with zero attached hydrogens (tertiary/aromatic N) is 3. The van der Waals surface area contributed by atoms with Gasteiger partial charge in [0, 0.05) is 18.3 Å². The summed E-state index contributed by atoms with van der Waals surface area (Å²) in [5.41, 5.74) is 2.63. The van der Waals surface area contributed by atoms with Crippen LogP contribution in [0.2, 0.25) is 0 Å². The topological polar surface area (TPSA) is 79.4 Å². The molecule has 0 amide bonds. The van der Waals surface area contributed by atoms with Crippen molar-refractivity contribution in [3.05, 3.63) is 75.0 Å². The fourth-order valence-electron chi connectivity index (χ4n) is 3.37. The summed E-state index contributed by atoms with van der Waals surface area (Å²) in [6.45, 7) is 3.95. The highest BCUT2D eigenvalue weighted by Gasteiger charge is 2.18. The minimum atomic E-state index is -0.415. The number of benzene rings is 2. The molecule has 0 radical (unpaired) electrons. The first kappa shape index (κ1) is 20.3. The van der Waals surface area contributed by atoms with Crippen LogP contribution in [0.3, 0.4) is 0 Å². The molecule has 0 atom stereocenters. The van der Waals surface area contributed by atoms with E-state index in [1.165, 1.54) is 29.2 Å². The Hall–Kier alpha value is -3.56. The van der Waals surface area contributed by atoms with Crippen molar-refractivity contribution in [1.82, 2.24) is 14.5 Å². The highest BCUT2D eigenvalue weighted by Crippen LogP contribution is 2.34. The maximum atomic E-state index is 13.2. The number of pyridine rings is 1. The second kappa shape index (κ2) is 7.85. The molecule has 9 heteroatoms. The number of para-hydroxylation sites is 1. The molecular weight excluding hydrogens is 446 g/mol. The summed E-state index contributed by atoms with van der Waals surface area (Å²) in [5.74, 6) is 1.91. The van der Waals surface area contributed by atoms with E-state index in [9.17, 15) is 4.79 Å². The Balaban J connectivity index is 1.65. The van der Waals surface area contributed by atoms with E-state index in [1.807, 2.05) is 50.2 Å². The zero-order valence-corrected chi connectivity index (χ0v) is 19.0. The van der Waals surface area contributed by atoms with E-state index in [0.717, 1.165) is 32.8 Å². The molecule has 0 saturated heterocycles. The highest BCUT2D eigenvalue weighted by molar-refractivity contribution is 7.71. The second-order valence-corrected chi connectivity index (χ2v) is 8.51. The smallest absolute Gasteiger partial charge is 0.290 e. The second-order valence-electron chi connectivity index (χ2n) is 7.15. The molecule has 0 aliphatic heterocycles. The predicted molar refractivity (Wildman–Crippen MR) is 126 cm³/mol. The number of ether oxygens (including phenoxy) is 2. The zero-order chi connectivity index (χ0) is 22.4. The van der Waals surface area contributed by atoms with Gasteiger partial charge in [-0.2, -0.15) is 0 Å². The molecule has 0 unspecified atom stereocenters. The molecule has 0 fully saturated rings. The van der Waals surface area contributed by atoms with Crippen molar-refractivity contribution >= 4 is 44.9 Å². The summed E-state index contributed by atoms with van der Waals surface area (Å²) < 4.78 is 19.2. The standard InChI is InChI=1S/C23H17N3O4S2/c1-12-6-4-5-7-15(12)29-17-11-18-14(10-13(17)2)25-22(32-18)26-21(27)19-20(30-23(26)31)16(28-3)8-9-24-19/h4-11H,1-3H3. The Morgan fingerprint density at radius 2 is 1.88 bits per heavy atom. The molecule has 0 saturated carbocycles. The number of aryl methyl sites for hydroxylation is 2. The Kier molecular flexibility index (Phi) is 4.99. The van der Waals surface area contributed by atoms with Crippen molar-refractivity contribution in [3.8, 4) is 22.4 Å². The largest absolute Gasteiger partial charge is 0.493 e. The number of methoxy groups -OCH3 is 1. The lowest BCUT2D eigenvalue weighted by molar-refractivity contribution is 0.404. The van der Waals surface area contributed by atoms with Gasteiger partial charge in [0.05, 0.1) is 17.3 Å². The molecule has 0 aliphatic rings. The first-order valence-electron chi connectivity index (χ1n) is 9.70. The van der Waals surface area contributed by atoms with E-state index in [4.69, 9.17) is 26.1 Å². The van der Waals surface area contributed by atoms with E-state index in [1.54, 1.807) is 6.07 Å². The minimum Gasteiger partial charge on any atom is -0.493 e. The van der Waals surface area contributed by atoms with Gasteiger partial charge in [-0.25, -0.2) is 14.5 Å². The lowest BCUT2D eigenvalue weighted by Gasteiger charge is -2.10. The molecule has 0 N–H and O–H groups in total. The number of rotatable bonds is 4. The van der Waals surface area contributed by atoms with Crippen LogP contribution >= 0.6 is 23.6 Å². The summed E-state index contributed by atoms with van der Waals surface area (Å²) in [6.07, 6.45) is 1.49. The number of hydrogen-bond donors (Lipinski definition) is 0. The average Bonchev–Trinajstić information content (AvgIpc) is 3.17. The van der Waals surface area contributed by atoms with Gasteiger partial charge in [0.25, 0.3) is 10.4 Å². The number of thiazole rings is 1. The quantitative estimate of drug-likeness (QED) is 0.315. The van der Waals surface area contributed by atoms with E-state index in [-0.39, 0.29) is 15.9 Å². The highest BCUT2D eigenvalue weighted by atomic mass is 32.1. The van der Waals surface area contributed by atoms with Crippen LogP contribution in [-0.2, 0) is 0 Å². The lowest BCUT2D eigenvalue weighted by Crippen LogP contribution is -2.20. The molecule has 2 aromatic carbocycles. The third-order valence-corrected chi connectivity index (χ3v) is 6.31. The molecule has 0 bridgehead atoms. The van der Waals surface area contributed by atoms with Crippen molar-refractivity contribution in [2.24, 2.45) is 0 Å². The van der Waals surface area contributed by atoms with E-state index >= 15 is 0 Å². The molecule has 0 aliphatic carbocycles. The van der Waals surface area contributed by atoms with E-state index in [2.05, 4.69) is 9.97 Å². The first-order chi connectivity index (χ1) is 15.5. The van der Waals surface area contributed by atoms with Gasteiger partial charge in [-0.1, -0.05) is 29.5 Å². The third kappa shape index (κ3) is 3.35. The van der Waals surface area contributed by atoms with Crippen molar-refractivity contribution in [3.63, 3.8) is 0 Å². The SMILES string of the molecule is COc1ccnc2c(=O)n(-c3nc4cc(C)c(Oc5ccccc5C)cc4s3)c(=S)oc12. The van der Waals surface area contributed by atoms with Crippen LogP contribution in [0.25, 0.3) is 26.4 Å². The van der Waals surface area contributed by atoms with Gasteiger partial charge in [-0.05, 0) is 49.3 Å². The normalized spacial score (nSPS) is 11.2. The predicted octanol–water partition coefficient (Wildman–Crippen LogP) is 5.74. The third-order valence-electron chi connectivity index (χ3n) is 5.04. The summed E-state index contributed by atoms with van der Waals surface area (Å²) in [6, 6.07) is 13.3. The summed E-state index contributed by atoms with van der Waals surface area (Å²) in [7, 11) is 1.49. The Bertz CT molecular complexity index is 1620. The van der Waals surface area contributed by atoms with Crippen LogP contribution in [-0.4, -0.2) is 21.6 Å². The molecule has 7 nitrogen and oxygen atoms in total. The average molecular weight is 464 g/mol. The van der Waals surface area contributed by atoms with Gasteiger partial charge in [0.1, 0.15) is 11.5 Å². The Labute approximate surface area is 191 Å². The van der Waals surface area contributed by atoms with Crippen LogP contribution < -0.4 is 15.0 Å². The molecular formula is C23H17N3O4S2. The molecule has 3 aromatic heterocycles. The van der Waals surface area contributed by atoms with Gasteiger partial charge in [-0.15, -0.1) is 0 Å². The van der Waals surface area contributed by atoms with Crippen molar-refractivity contribution in [2.75, 3.05) is 7.11 Å². The van der Waals surface area contributed by atoms with E-state index < -0.39 is 5.56 Å². The van der Waals surface area contributed by atoms with Gasteiger partial charge < -0.3 is 13.9 Å². The van der Waals surface area contributed by atoms with Crippen molar-refractivity contribution in [1.29, 1.82) is 0 Å². The number of hydrogen-bond acceptors (Lipinski definition) is 8. The summed E-state index contributed by atoms with van der Waals surface area (Å²) >= 11 is 6.69.